The first kappa shape index (κ1) is 20.6. The Hall–Kier alpha value is -3.17. The average molecular weight is 416 g/mol. The molecule has 2 aromatic carbocycles. The minimum absolute atomic E-state index is 0.0245. The lowest BCUT2D eigenvalue weighted by Gasteiger charge is -2.12. The number of esters is 1. The van der Waals surface area contributed by atoms with Crippen LogP contribution in [0.3, 0.4) is 0 Å². The maximum absolute atomic E-state index is 12.2. The van der Waals surface area contributed by atoms with Gasteiger partial charge >= 0.3 is 5.97 Å². The molecule has 0 fully saturated rings. The van der Waals surface area contributed by atoms with E-state index in [0.717, 1.165) is 10.9 Å². The summed E-state index contributed by atoms with van der Waals surface area (Å²) in [5, 5.41) is 8.49. The minimum Gasteiger partial charge on any atom is -0.449 e. The number of fused-ring (bicyclic) bond motifs is 1. The third kappa shape index (κ3) is 5.21. The van der Waals surface area contributed by atoms with Crippen molar-refractivity contribution in [3.05, 3.63) is 65.9 Å². The van der Waals surface area contributed by atoms with E-state index in [1.54, 1.807) is 36.4 Å². The van der Waals surface area contributed by atoms with Crippen molar-refractivity contribution in [2.45, 2.75) is 24.3 Å². The number of hydrogen-bond acceptors (Lipinski definition) is 6. The van der Waals surface area contributed by atoms with E-state index in [9.17, 15) is 18.0 Å². The molecule has 0 aliphatic heterocycles. The van der Waals surface area contributed by atoms with Gasteiger partial charge in [0.1, 0.15) is 5.58 Å². The van der Waals surface area contributed by atoms with Gasteiger partial charge in [0.25, 0.3) is 5.91 Å². The standard InChI is InChI=1S/C20H20N2O6S/c1-13(27-20(24)18-12-15-4-2-3-5-17(15)28-18)19(23)22-11-10-14-6-8-16(9-7-14)29(21,25)26/h2-9,12-13H,10-11H2,1H3,(H,22,23)(H2,21,25,26). The number of para-hydroxylation sites is 1. The van der Waals surface area contributed by atoms with Crippen LogP contribution >= 0.6 is 0 Å². The molecule has 9 heteroatoms. The Morgan fingerprint density at radius 1 is 1.14 bits per heavy atom. The van der Waals surface area contributed by atoms with Crippen molar-refractivity contribution in [1.29, 1.82) is 0 Å². The van der Waals surface area contributed by atoms with Crippen molar-refractivity contribution in [3.8, 4) is 0 Å². The van der Waals surface area contributed by atoms with Gasteiger partial charge in [0.2, 0.25) is 15.8 Å². The number of sulfonamides is 1. The molecule has 3 aromatic rings. The number of rotatable bonds is 7. The van der Waals surface area contributed by atoms with Gasteiger partial charge in [-0.2, -0.15) is 0 Å². The van der Waals surface area contributed by atoms with E-state index in [0.29, 0.717) is 18.5 Å². The highest BCUT2D eigenvalue weighted by atomic mass is 32.2. The Balaban J connectivity index is 1.49. The summed E-state index contributed by atoms with van der Waals surface area (Å²) < 4.78 is 33.1. The van der Waals surface area contributed by atoms with Crippen LogP contribution in [0.25, 0.3) is 11.0 Å². The van der Waals surface area contributed by atoms with Gasteiger partial charge in [-0.05, 0) is 43.2 Å². The first-order chi connectivity index (χ1) is 13.7. The molecule has 0 aliphatic rings. The molecule has 3 rings (SSSR count). The van der Waals surface area contributed by atoms with Gasteiger partial charge in [-0.25, -0.2) is 18.4 Å². The highest BCUT2D eigenvalue weighted by molar-refractivity contribution is 7.89. The van der Waals surface area contributed by atoms with Crippen LogP contribution in [0.5, 0.6) is 0 Å². The molecule has 0 radical (unpaired) electrons. The molecule has 1 aromatic heterocycles. The smallest absolute Gasteiger partial charge is 0.375 e. The van der Waals surface area contributed by atoms with Crippen molar-refractivity contribution < 1.29 is 27.2 Å². The first-order valence-corrected chi connectivity index (χ1v) is 10.4. The van der Waals surface area contributed by atoms with Gasteiger partial charge in [-0.15, -0.1) is 0 Å². The summed E-state index contributed by atoms with van der Waals surface area (Å²) in [5.74, 6) is -1.14. The van der Waals surface area contributed by atoms with Crippen LogP contribution in [0.15, 0.2) is 63.9 Å². The lowest BCUT2D eigenvalue weighted by atomic mass is 10.1. The van der Waals surface area contributed by atoms with Crippen LogP contribution < -0.4 is 10.5 Å². The van der Waals surface area contributed by atoms with Gasteiger partial charge in [0, 0.05) is 11.9 Å². The van der Waals surface area contributed by atoms with Crippen LogP contribution in [0.2, 0.25) is 0 Å². The summed E-state index contributed by atoms with van der Waals surface area (Å²) in [7, 11) is -3.73. The predicted molar refractivity (Wildman–Crippen MR) is 106 cm³/mol. The highest BCUT2D eigenvalue weighted by Crippen LogP contribution is 2.19. The van der Waals surface area contributed by atoms with E-state index in [1.165, 1.54) is 19.1 Å². The Kier molecular flexibility index (Phi) is 6.00. The number of hydrogen-bond donors (Lipinski definition) is 2. The molecule has 0 saturated heterocycles. The van der Waals surface area contributed by atoms with E-state index in [4.69, 9.17) is 14.3 Å². The summed E-state index contributed by atoms with van der Waals surface area (Å²) in [6.07, 6.45) is -0.526. The second kappa shape index (κ2) is 8.46. The van der Waals surface area contributed by atoms with Gasteiger partial charge < -0.3 is 14.5 Å². The van der Waals surface area contributed by atoms with Crippen molar-refractivity contribution in [2.24, 2.45) is 5.14 Å². The predicted octanol–water partition coefficient (Wildman–Crippen LogP) is 1.98. The molecule has 8 nitrogen and oxygen atoms in total. The van der Waals surface area contributed by atoms with Gasteiger partial charge in [0.15, 0.2) is 6.10 Å². The second-order valence-corrected chi connectivity index (χ2v) is 7.99. The Bertz CT molecular complexity index is 1100. The lowest BCUT2D eigenvalue weighted by Crippen LogP contribution is -2.36. The number of furan rings is 1. The molecule has 0 aliphatic carbocycles. The Labute approximate surface area is 167 Å². The van der Waals surface area contributed by atoms with Crippen molar-refractivity contribution in [2.75, 3.05) is 6.54 Å². The summed E-state index contributed by atoms with van der Waals surface area (Å²) >= 11 is 0. The lowest BCUT2D eigenvalue weighted by molar-refractivity contribution is -0.129. The first-order valence-electron chi connectivity index (χ1n) is 8.83. The van der Waals surface area contributed by atoms with Crippen molar-refractivity contribution >= 4 is 32.9 Å². The second-order valence-electron chi connectivity index (χ2n) is 6.43. The maximum atomic E-state index is 12.2. The third-order valence-electron chi connectivity index (χ3n) is 4.24. The zero-order chi connectivity index (χ0) is 21.0. The number of carbonyl (C=O) groups is 2. The highest BCUT2D eigenvalue weighted by Gasteiger charge is 2.21. The van der Waals surface area contributed by atoms with E-state index < -0.39 is 28.0 Å². The number of ether oxygens (including phenoxy) is 1. The van der Waals surface area contributed by atoms with Crippen LogP contribution in [0.1, 0.15) is 23.0 Å². The van der Waals surface area contributed by atoms with E-state index in [-0.39, 0.29) is 10.7 Å². The average Bonchev–Trinajstić information content (AvgIpc) is 3.12. The summed E-state index contributed by atoms with van der Waals surface area (Å²) in [6, 6.07) is 14.8. The van der Waals surface area contributed by atoms with E-state index >= 15 is 0 Å². The molecule has 152 valence electrons. The molecule has 29 heavy (non-hydrogen) atoms. The summed E-state index contributed by atoms with van der Waals surface area (Å²) in [5.41, 5.74) is 1.38. The monoisotopic (exact) mass is 416 g/mol. The van der Waals surface area contributed by atoms with E-state index in [1.807, 2.05) is 6.07 Å². The molecule has 0 spiro atoms. The molecule has 1 atom stereocenters. The molecule has 1 heterocycles. The largest absolute Gasteiger partial charge is 0.449 e. The van der Waals surface area contributed by atoms with Crippen LogP contribution in [-0.4, -0.2) is 32.9 Å². The Morgan fingerprint density at radius 2 is 1.83 bits per heavy atom. The topological polar surface area (TPSA) is 129 Å². The molecule has 1 amide bonds. The van der Waals surface area contributed by atoms with Crippen LogP contribution in [0.4, 0.5) is 0 Å². The maximum Gasteiger partial charge on any atom is 0.375 e. The molecule has 0 saturated carbocycles. The SMILES string of the molecule is CC(OC(=O)c1cc2ccccc2o1)C(=O)NCCc1ccc(S(N)(=O)=O)cc1. The van der Waals surface area contributed by atoms with E-state index in [2.05, 4.69) is 5.32 Å². The molecule has 3 N–H and O–H groups in total. The van der Waals surface area contributed by atoms with Gasteiger partial charge in [0.05, 0.1) is 4.90 Å². The Morgan fingerprint density at radius 3 is 2.48 bits per heavy atom. The summed E-state index contributed by atoms with van der Waals surface area (Å²) in [6.45, 7) is 1.76. The van der Waals surface area contributed by atoms with Crippen molar-refractivity contribution in [1.82, 2.24) is 5.32 Å². The zero-order valence-electron chi connectivity index (χ0n) is 15.6. The van der Waals surface area contributed by atoms with Crippen LogP contribution in [0, 0.1) is 0 Å². The normalized spacial score (nSPS) is 12.5. The molecular weight excluding hydrogens is 396 g/mol. The molecule has 1 unspecified atom stereocenters. The number of carbonyl (C=O) groups excluding carboxylic acids is 2. The fraction of sp³-hybridized carbons (Fsp3) is 0.200. The zero-order valence-corrected chi connectivity index (χ0v) is 16.4. The van der Waals surface area contributed by atoms with Crippen LogP contribution in [-0.2, 0) is 26.0 Å². The fourth-order valence-electron chi connectivity index (χ4n) is 2.67. The quantitative estimate of drug-likeness (QED) is 0.567. The number of primary sulfonamides is 1. The minimum atomic E-state index is -3.73. The van der Waals surface area contributed by atoms with Gasteiger partial charge in [-0.1, -0.05) is 30.3 Å². The number of benzene rings is 2. The third-order valence-corrected chi connectivity index (χ3v) is 5.17. The number of nitrogens with two attached hydrogens (primary N) is 1. The number of amides is 1. The van der Waals surface area contributed by atoms with Crippen molar-refractivity contribution in [3.63, 3.8) is 0 Å². The summed E-state index contributed by atoms with van der Waals surface area (Å²) in [4.78, 5) is 24.3. The van der Waals surface area contributed by atoms with Gasteiger partial charge in [-0.3, -0.25) is 4.79 Å². The molecule has 0 bridgehead atoms. The molecular formula is C20H20N2O6S. The number of nitrogens with one attached hydrogen (secondary N) is 1. The fourth-order valence-corrected chi connectivity index (χ4v) is 3.19.